The van der Waals surface area contributed by atoms with E-state index in [4.69, 9.17) is 0 Å². The Bertz CT molecular complexity index is 533. The molecule has 0 amide bonds. The summed E-state index contributed by atoms with van der Waals surface area (Å²) in [5.74, 6) is -0.506. The van der Waals surface area contributed by atoms with Crippen LogP contribution in [0.2, 0.25) is 0 Å². The fourth-order valence-corrected chi connectivity index (χ4v) is 1.74. The first-order valence-corrected chi connectivity index (χ1v) is 6.52. The Hall–Kier alpha value is -1.56. The molecule has 0 heterocycles. The molecule has 1 rings (SSSR count). The third kappa shape index (κ3) is 5.21. The van der Waals surface area contributed by atoms with E-state index in [0.29, 0.717) is 10.0 Å². The normalized spacial score (nSPS) is 12.8. The molecule has 2 nitrogen and oxygen atoms in total. The number of alkyl halides is 3. The van der Waals surface area contributed by atoms with Crippen LogP contribution in [0.4, 0.5) is 13.2 Å². The van der Waals surface area contributed by atoms with E-state index in [-0.39, 0.29) is 6.61 Å². The summed E-state index contributed by atoms with van der Waals surface area (Å²) >= 11 is 3.17. The molecule has 0 bridgehead atoms. The second kappa shape index (κ2) is 7.28. The molecule has 0 aliphatic rings. The summed E-state index contributed by atoms with van der Waals surface area (Å²) in [7, 11) is 0. The summed E-state index contributed by atoms with van der Waals surface area (Å²) < 4.78 is 42.8. The lowest BCUT2D eigenvalue weighted by Gasteiger charge is -2.08. The second-order valence-corrected chi connectivity index (χ2v) is 4.56. The summed E-state index contributed by atoms with van der Waals surface area (Å²) in [4.78, 5) is 11.0. The number of esters is 1. The molecule has 0 fully saturated rings. The van der Waals surface area contributed by atoms with Gasteiger partial charge in [-0.1, -0.05) is 34.1 Å². The first kappa shape index (κ1) is 16.5. The van der Waals surface area contributed by atoms with Gasteiger partial charge in [-0.15, -0.1) is 0 Å². The molecule has 1 aromatic carbocycles. The van der Waals surface area contributed by atoms with Gasteiger partial charge in [-0.05, 0) is 30.7 Å². The molecule has 1 aromatic rings. The van der Waals surface area contributed by atoms with Crippen LogP contribution < -0.4 is 0 Å². The molecule has 0 saturated heterocycles. The fraction of sp³-hybridized carbons (Fsp3) is 0.214. The van der Waals surface area contributed by atoms with Gasteiger partial charge in [-0.3, -0.25) is 0 Å². The highest BCUT2D eigenvalue weighted by atomic mass is 79.9. The highest BCUT2D eigenvalue weighted by Crippen LogP contribution is 2.32. The molecular formula is C14H12BrF3O2. The second-order valence-electron chi connectivity index (χ2n) is 3.70. The number of ether oxygens (including phenoxy) is 1. The van der Waals surface area contributed by atoms with Gasteiger partial charge in [0.2, 0.25) is 0 Å². The van der Waals surface area contributed by atoms with Crippen molar-refractivity contribution in [2.75, 3.05) is 6.61 Å². The molecule has 0 saturated carbocycles. The van der Waals surface area contributed by atoms with Crippen LogP contribution in [0.5, 0.6) is 0 Å². The highest BCUT2D eigenvalue weighted by Gasteiger charge is 2.30. The molecule has 0 spiro atoms. The number of carbonyl (C=O) groups is 1. The summed E-state index contributed by atoms with van der Waals surface area (Å²) in [6.07, 6.45) is -0.308. The van der Waals surface area contributed by atoms with E-state index in [0.717, 1.165) is 12.1 Å². The van der Waals surface area contributed by atoms with Crippen molar-refractivity contribution in [3.8, 4) is 0 Å². The van der Waals surface area contributed by atoms with Crippen molar-refractivity contribution in [2.45, 2.75) is 13.1 Å². The highest BCUT2D eigenvalue weighted by molar-refractivity contribution is 9.15. The molecule has 0 N–H and O–H groups in total. The van der Waals surface area contributed by atoms with E-state index in [1.807, 2.05) is 0 Å². The predicted molar refractivity (Wildman–Crippen MR) is 74.1 cm³/mol. The van der Waals surface area contributed by atoms with Gasteiger partial charge < -0.3 is 4.74 Å². The van der Waals surface area contributed by atoms with Crippen LogP contribution in [-0.4, -0.2) is 12.6 Å². The Balaban J connectivity index is 2.87. The lowest BCUT2D eigenvalue weighted by molar-refractivity contribution is -0.138. The lowest BCUT2D eigenvalue weighted by atomic mass is 10.1. The molecule has 0 atom stereocenters. The van der Waals surface area contributed by atoms with E-state index in [2.05, 4.69) is 20.7 Å². The maximum Gasteiger partial charge on any atom is 0.416 e. The van der Waals surface area contributed by atoms with E-state index in [1.165, 1.54) is 30.4 Å². The SMILES string of the molecule is CCOC(=O)C=CC=C(Br)c1cccc(C(F)(F)F)c1. The van der Waals surface area contributed by atoms with Gasteiger partial charge in [-0.25, -0.2) is 4.79 Å². The van der Waals surface area contributed by atoms with Crippen molar-refractivity contribution in [2.24, 2.45) is 0 Å². The van der Waals surface area contributed by atoms with Crippen molar-refractivity contribution in [3.63, 3.8) is 0 Å². The van der Waals surface area contributed by atoms with Crippen molar-refractivity contribution in [3.05, 3.63) is 53.6 Å². The van der Waals surface area contributed by atoms with Crippen LogP contribution in [0.3, 0.4) is 0 Å². The number of allylic oxidation sites excluding steroid dienone is 2. The molecule has 6 heteroatoms. The van der Waals surface area contributed by atoms with Crippen molar-refractivity contribution >= 4 is 26.4 Å². The number of halogens is 4. The zero-order chi connectivity index (χ0) is 15.2. The number of hydrogen-bond acceptors (Lipinski definition) is 2. The summed E-state index contributed by atoms with van der Waals surface area (Å²) in [6.45, 7) is 1.95. The number of carbonyl (C=O) groups excluding carboxylic acids is 1. The lowest BCUT2D eigenvalue weighted by Crippen LogP contribution is -2.04. The Kier molecular flexibility index (Phi) is 6.01. The Morgan fingerprint density at radius 3 is 2.70 bits per heavy atom. The Morgan fingerprint density at radius 2 is 2.10 bits per heavy atom. The average molecular weight is 349 g/mol. The topological polar surface area (TPSA) is 26.3 Å². The molecule has 0 radical (unpaired) electrons. The maximum atomic E-state index is 12.6. The average Bonchev–Trinajstić information content (AvgIpc) is 2.38. The zero-order valence-electron chi connectivity index (χ0n) is 10.6. The minimum Gasteiger partial charge on any atom is -0.463 e. The van der Waals surface area contributed by atoms with Crippen LogP contribution in [0.25, 0.3) is 4.48 Å². The van der Waals surface area contributed by atoms with Gasteiger partial charge in [0.1, 0.15) is 0 Å². The van der Waals surface area contributed by atoms with Gasteiger partial charge in [0, 0.05) is 10.6 Å². The molecule has 108 valence electrons. The van der Waals surface area contributed by atoms with Gasteiger partial charge >= 0.3 is 12.1 Å². The Labute approximate surface area is 123 Å². The van der Waals surface area contributed by atoms with E-state index < -0.39 is 17.7 Å². The van der Waals surface area contributed by atoms with Crippen LogP contribution in [0.1, 0.15) is 18.1 Å². The monoisotopic (exact) mass is 348 g/mol. The van der Waals surface area contributed by atoms with Crippen molar-refractivity contribution < 1.29 is 22.7 Å². The van der Waals surface area contributed by atoms with Crippen LogP contribution in [0, 0.1) is 0 Å². The van der Waals surface area contributed by atoms with Gasteiger partial charge in [0.25, 0.3) is 0 Å². The third-order valence-electron chi connectivity index (χ3n) is 2.23. The maximum absolute atomic E-state index is 12.6. The van der Waals surface area contributed by atoms with Gasteiger partial charge in [0.05, 0.1) is 12.2 Å². The molecule has 0 aromatic heterocycles. The van der Waals surface area contributed by atoms with E-state index >= 15 is 0 Å². The van der Waals surface area contributed by atoms with E-state index in [1.54, 1.807) is 6.92 Å². The van der Waals surface area contributed by atoms with E-state index in [9.17, 15) is 18.0 Å². The smallest absolute Gasteiger partial charge is 0.416 e. The molecule has 0 aliphatic heterocycles. The van der Waals surface area contributed by atoms with Crippen molar-refractivity contribution in [1.82, 2.24) is 0 Å². The Morgan fingerprint density at radius 1 is 1.40 bits per heavy atom. The quantitative estimate of drug-likeness (QED) is 0.453. The van der Waals surface area contributed by atoms with Crippen molar-refractivity contribution in [1.29, 1.82) is 0 Å². The van der Waals surface area contributed by atoms with Gasteiger partial charge in [0.15, 0.2) is 0 Å². The molecule has 0 aliphatic carbocycles. The zero-order valence-corrected chi connectivity index (χ0v) is 12.2. The molecule has 0 unspecified atom stereocenters. The first-order valence-electron chi connectivity index (χ1n) is 5.73. The number of benzene rings is 1. The van der Waals surface area contributed by atoms with Crippen LogP contribution in [-0.2, 0) is 15.7 Å². The fourth-order valence-electron chi connectivity index (χ4n) is 1.34. The minimum atomic E-state index is -4.38. The van der Waals surface area contributed by atoms with Crippen LogP contribution in [0.15, 0.2) is 42.5 Å². The standard InChI is InChI=1S/C14H12BrF3O2/c1-2-20-13(19)8-4-7-12(15)10-5-3-6-11(9-10)14(16,17)18/h3-9H,2H2,1H3. The molecule has 20 heavy (non-hydrogen) atoms. The minimum absolute atomic E-state index is 0.266. The largest absolute Gasteiger partial charge is 0.463 e. The number of rotatable bonds is 4. The van der Waals surface area contributed by atoms with Gasteiger partial charge in [-0.2, -0.15) is 13.2 Å². The first-order chi connectivity index (χ1) is 9.34. The van der Waals surface area contributed by atoms with Crippen LogP contribution >= 0.6 is 15.9 Å². The summed E-state index contributed by atoms with van der Waals surface area (Å²) in [5.41, 5.74) is -0.358. The number of hydrogen-bond donors (Lipinski definition) is 0. The molecular weight excluding hydrogens is 337 g/mol. The predicted octanol–water partition coefficient (Wildman–Crippen LogP) is 4.56. The third-order valence-corrected chi connectivity index (χ3v) is 2.95. The summed E-state index contributed by atoms with van der Waals surface area (Å²) in [6, 6.07) is 4.88. The summed E-state index contributed by atoms with van der Waals surface area (Å²) in [5, 5.41) is 0.